The van der Waals surface area contributed by atoms with E-state index in [-0.39, 0.29) is 5.82 Å². The molecule has 0 bridgehead atoms. The summed E-state index contributed by atoms with van der Waals surface area (Å²) >= 11 is 0. The van der Waals surface area contributed by atoms with Crippen LogP contribution in [0.5, 0.6) is 23.3 Å². The van der Waals surface area contributed by atoms with Crippen molar-refractivity contribution in [2.45, 2.75) is 0 Å². The molecule has 5 nitrogen and oxygen atoms in total. The molecule has 0 radical (unpaired) electrons. The highest BCUT2D eigenvalue weighted by Gasteiger charge is 2.01. The Hall–Kier alpha value is -3.15. The number of halogens is 1. The van der Waals surface area contributed by atoms with Gasteiger partial charge in [-0.3, -0.25) is 0 Å². The van der Waals surface area contributed by atoms with Crippen LogP contribution in [0.2, 0.25) is 0 Å². The first-order valence-corrected chi connectivity index (χ1v) is 7.36. The molecular weight excluding hydrogens is 311 g/mol. The van der Waals surface area contributed by atoms with Crippen molar-refractivity contribution in [3.8, 4) is 23.3 Å². The monoisotopic (exact) mass is 326 g/mol. The topological polar surface area (TPSA) is 53.5 Å². The molecule has 3 rings (SSSR count). The van der Waals surface area contributed by atoms with Crippen LogP contribution in [-0.2, 0) is 0 Å². The lowest BCUT2D eigenvalue weighted by molar-refractivity contribution is 0.206. The summed E-state index contributed by atoms with van der Waals surface area (Å²) in [5.74, 6) is 1.39. The van der Waals surface area contributed by atoms with Crippen molar-refractivity contribution in [3.63, 3.8) is 0 Å². The van der Waals surface area contributed by atoms with E-state index in [0.717, 1.165) is 0 Å². The van der Waals surface area contributed by atoms with E-state index in [1.54, 1.807) is 54.9 Å². The molecule has 0 unspecified atom stereocenters. The van der Waals surface area contributed by atoms with Gasteiger partial charge in [-0.1, -0.05) is 6.07 Å². The summed E-state index contributed by atoms with van der Waals surface area (Å²) in [5.41, 5.74) is 0. The van der Waals surface area contributed by atoms with E-state index >= 15 is 0 Å². The Morgan fingerprint density at radius 2 is 1.46 bits per heavy atom. The molecule has 1 aromatic heterocycles. The minimum absolute atomic E-state index is 0.319. The van der Waals surface area contributed by atoms with E-state index in [1.165, 1.54) is 12.1 Å². The van der Waals surface area contributed by atoms with Gasteiger partial charge in [-0.05, 0) is 42.5 Å². The molecule has 3 aromatic rings. The van der Waals surface area contributed by atoms with Crippen LogP contribution in [0.4, 0.5) is 4.39 Å². The van der Waals surface area contributed by atoms with Crippen LogP contribution >= 0.6 is 0 Å². The normalized spacial score (nSPS) is 10.2. The van der Waals surface area contributed by atoms with Gasteiger partial charge in [0.15, 0.2) is 0 Å². The maximum absolute atomic E-state index is 13.1. The predicted octanol–water partition coefficient (Wildman–Crippen LogP) is 3.87. The van der Waals surface area contributed by atoms with Crippen molar-refractivity contribution in [1.82, 2.24) is 9.97 Å². The standard InChI is InChI=1S/C18H15FN2O3/c19-14-3-1-4-17(13-14)24-16-7-5-15(6-8-16)22-11-12-23-18-20-9-2-10-21-18/h1-10,13H,11-12H2. The number of nitrogens with zero attached hydrogens (tertiary/aromatic N) is 2. The van der Waals surface area contributed by atoms with Crippen molar-refractivity contribution in [2.75, 3.05) is 13.2 Å². The van der Waals surface area contributed by atoms with Crippen molar-refractivity contribution < 1.29 is 18.6 Å². The number of rotatable bonds is 7. The summed E-state index contributed by atoms with van der Waals surface area (Å²) in [5, 5.41) is 0. The molecular formula is C18H15FN2O3. The van der Waals surface area contributed by atoms with Gasteiger partial charge in [0.1, 0.15) is 36.3 Å². The molecule has 0 aliphatic carbocycles. The minimum atomic E-state index is -0.338. The van der Waals surface area contributed by atoms with Crippen molar-refractivity contribution in [1.29, 1.82) is 0 Å². The fraction of sp³-hybridized carbons (Fsp3) is 0.111. The molecule has 1 heterocycles. The lowest BCUT2D eigenvalue weighted by atomic mass is 10.3. The summed E-state index contributed by atoms with van der Waals surface area (Å²) in [7, 11) is 0. The average Bonchev–Trinajstić information content (AvgIpc) is 2.61. The first kappa shape index (κ1) is 15.7. The number of hydrogen-bond acceptors (Lipinski definition) is 5. The minimum Gasteiger partial charge on any atom is -0.490 e. The second-order valence-corrected chi connectivity index (χ2v) is 4.76. The van der Waals surface area contributed by atoms with Crippen molar-refractivity contribution >= 4 is 0 Å². The number of hydrogen-bond donors (Lipinski definition) is 0. The van der Waals surface area contributed by atoms with E-state index < -0.39 is 0 Å². The molecule has 24 heavy (non-hydrogen) atoms. The number of aromatic nitrogens is 2. The highest BCUT2D eigenvalue weighted by molar-refractivity contribution is 5.35. The Morgan fingerprint density at radius 1 is 0.750 bits per heavy atom. The maximum Gasteiger partial charge on any atom is 0.316 e. The third-order valence-electron chi connectivity index (χ3n) is 2.98. The SMILES string of the molecule is Fc1cccc(Oc2ccc(OCCOc3ncccn3)cc2)c1. The van der Waals surface area contributed by atoms with Crippen LogP contribution in [0, 0.1) is 5.82 Å². The van der Waals surface area contributed by atoms with E-state index in [4.69, 9.17) is 14.2 Å². The van der Waals surface area contributed by atoms with E-state index in [2.05, 4.69) is 9.97 Å². The first-order chi connectivity index (χ1) is 11.8. The Labute approximate surface area is 138 Å². The predicted molar refractivity (Wildman–Crippen MR) is 85.9 cm³/mol. The average molecular weight is 326 g/mol. The van der Waals surface area contributed by atoms with Crippen LogP contribution in [0.25, 0.3) is 0 Å². The Bertz CT molecular complexity index is 767. The van der Waals surface area contributed by atoms with Gasteiger partial charge in [-0.2, -0.15) is 0 Å². The van der Waals surface area contributed by atoms with Gasteiger partial charge in [0.25, 0.3) is 0 Å². The Balaban J connectivity index is 1.46. The van der Waals surface area contributed by atoms with Gasteiger partial charge < -0.3 is 14.2 Å². The zero-order valence-electron chi connectivity index (χ0n) is 12.8. The first-order valence-electron chi connectivity index (χ1n) is 7.36. The van der Waals surface area contributed by atoms with Crippen molar-refractivity contribution in [2.24, 2.45) is 0 Å². The Morgan fingerprint density at radius 3 is 2.21 bits per heavy atom. The third kappa shape index (κ3) is 4.67. The quantitative estimate of drug-likeness (QED) is 0.617. The van der Waals surface area contributed by atoms with E-state index in [1.807, 2.05) is 0 Å². The molecule has 0 fully saturated rings. The van der Waals surface area contributed by atoms with Gasteiger partial charge in [-0.15, -0.1) is 0 Å². The largest absolute Gasteiger partial charge is 0.490 e. The molecule has 122 valence electrons. The lowest BCUT2D eigenvalue weighted by Gasteiger charge is -2.09. The second-order valence-electron chi connectivity index (χ2n) is 4.76. The maximum atomic E-state index is 13.1. The van der Waals surface area contributed by atoms with Crippen LogP contribution in [0.1, 0.15) is 0 Å². The summed E-state index contributed by atoms with van der Waals surface area (Å²) in [4.78, 5) is 7.90. The van der Waals surface area contributed by atoms with Crippen LogP contribution in [0.15, 0.2) is 67.0 Å². The molecule has 0 N–H and O–H groups in total. The Kier molecular flexibility index (Phi) is 5.19. The molecule has 0 saturated heterocycles. The third-order valence-corrected chi connectivity index (χ3v) is 2.98. The lowest BCUT2D eigenvalue weighted by Crippen LogP contribution is -2.10. The molecule has 0 saturated carbocycles. The zero-order valence-corrected chi connectivity index (χ0v) is 12.8. The van der Waals surface area contributed by atoms with Crippen molar-refractivity contribution in [3.05, 3.63) is 72.8 Å². The zero-order chi connectivity index (χ0) is 16.6. The fourth-order valence-electron chi connectivity index (χ4n) is 1.92. The highest BCUT2D eigenvalue weighted by Crippen LogP contribution is 2.24. The molecule has 0 aliphatic rings. The summed E-state index contributed by atoms with van der Waals surface area (Å²) < 4.78 is 29.6. The summed E-state index contributed by atoms with van der Waals surface area (Å²) in [6, 6.07) is 15.1. The molecule has 0 spiro atoms. The highest BCUT2D eigenvalue weighted by atomic mass is 19.1. The van der Waals surface area contributed by atoms with Crippen LogP contribution in [0.3, 0.4) is 0 Å². The molecule has 2 aromatic carbocycles. The fourth-order valence-corrected chi connectivity index (χ4v) is 1.92. The number of ether oxygens (including phenoxy) is 3. The second kappa shape index (κ2) is 7.92. The van der Waals surface area contributed by atoms with Gasteiger partial charge in [-0.25, -0.2) is 14.4 Å². The summed E-state index contributed by atoms with van der Waals surface area (Å²) in [6.07, 6.45) is 3.22. The van der Waals surface area contributed by atoms with Gasteiger partial charge in [0.05, 0.1) is 0 Å². The van der Waals surface area contributed by atoms with Gasteiger partial charge in [0.2, 0.25) is 0 Å². The molecule has 0 amide bonds. The summed E-state index contributed by atoms with van der Waals surface area (Å²) in [6.45, 7) is 0.702. The number of benzene rings is 2. The molecule has 0 aliphatic heterocycles. The van der Waals surface area contributed by atoms with E-state index in [9.17, 15) is 4.39 Å². The van der Waals surface area contributed by atoms with Gasteiger partial charge in [0, 0.05) is 18.5 Å². The molecule has 0 atom stereocenters. The van der Waals surface area contributed by atoms with Crippen LogP contribution in [-0.4, -0.2) is 23.2 Å². The van der Waals surface area contributed by atoms with E-state index in [0.29, 0.717) is 36.5 Å². The van der Waals surface area contributed by atoms with Gasteiger partial charge >= 0.3 is 6.01 Å². The smallest absolute Gasteiger partial charge is 0.316 e. The molecule has 6 heteroatoms. The van der Waals surface area contributed by atoms with Crippen LogP contribution < -0.4 is 14.2 Å².